The van der Waals surface area contributed by atoms with Crippen molar-refractivity contribution >= 4 is 21.8 Å². The topological polar surface area (TPSA) is 20.3 Å². The van der Waals surface area contributed by atoms with Gasteiger partial charge in [0.2, 0.25) is 0 Å². The Labute approximate surface area is 135 Å². The summed E-state index contributed by atoms with van der Waals surface area (Å²) in [5.74, 6) is 0.609. The number of nitrogens with zero attached hydrogens (tertiary/aromatic N) is 1. The van der Waals surface area contributed by atoms with E-state index in [-0.39, 0.29) is 5.91 Å². The first-order chi connectivity index (χ1) is 9.81. The van der Waals surface area contributed by atoms with E-state index in [0.29, 0.717) is 21.9 Å². The van der Waals surface area contributed by atoms with Crippen LogP contribution < -0.4 is 0 Å². The Morgan fingerprint density at radius 1 is 1.14 bits per heavy atom. The SMILES string of the molecule is CC(C)CCN(CCC(C)C)C(=O)c1ccc(Br)c(F)c1. The van der Waals surface area contributed by atoms with Crippen molar-refractivity contribution in [1.29, 1.82) is 0 Å². The molecule has 4 heteroatoms. The van der Waals surface area contributed by atoms with E-state index in [0.717, 1.165) is 25.9 Å². The average molecular weight is 358 g/mol. The van der Waals surface area contributed by atoms with Crippen LogP contribution in [0, 0.1) is 17.7 Å². The lowest BCUT2D eigenvalue weighted by Crippen LogP contribution is -2.34. The maximum absolute atomic E-state index is 13.6. The van der Waals surface area contributed by atoms with Gasteiger partial charge in [0.25, 0.3) is 5.91 Å². The zero-order chi connectivity index (χ0) is 16.0. The highest BCUT2D eigenvalue weighted by Gasteiger charge is 2.17. The largest absolute Gasteiger partial charge is 0.339 e. The predicted octanol–water partition coefficient (Wildman–Crippen LogP) is 5.12. The highest BCUT2D eigenvalue weighted by atomic mass is 79.9. The van der Waals surface area contributed by atoms with Gasteiger partial charge >= 0.3 is 0 Å². The summed E-state index contributed by atoms with van der Waals surface area (Å²) in [5, 5.41) is 0. The normalized spacial score (nSPS) is 11.2. The number of carbonyl (C=O) groups excluding carboxylic acids is 1. The molecule has 0 fully saturated rings. The van der Waals surface area contributed by atoms with Gasteiger partial charge in [-0.05, 0) is 58.8 Å². The molecule has 2 nitrogen and oxygen atoms in total. The van der Waals surface area contributed by atoms with Gasteiger partial charge in [-0.1, -0.05) is 27.7 Å². The van der Waals surface area contributed by atoms with E-state index in [1.54, 1.807) is 12.1 Å². The summed E-state index contributed by atoms with van der Waals surface area (Å²) >= 11 is 3.12. The molecule has 1 rings (SSSR count). The summed E-state index contributed by atoms with van der Waals surface area (Å²) < 4.78 is 14.0. The number of benzene rings is 1. The summed E-state index contributed by atoms with van der Waals surface area (Å²) in [6.45, 7) is 10.0. The molecule has 0 saturated heterocycles. The maximum Gasteiger partial charge on any atom is 0.253 e. The van der Waals surface area contributed by atoms with Crippen LogP contribution in [0.15, 0.2) is 22.7 Å². The van der Waals surface area contributed by atoms with Crippen molar-refractivity contribution in [2.45, 2.75) is 40.5 Å². The predicted molar refractivity (Wildman–Crippen MR) is 88.9 cm³/mol. The van der Waals surface area contributed by atoms with Gasteiger partial charge in [-0.2, -0.15) is 0 Å². The second-order valence-electron chi connectivity index (χ2n) is 6.29. The molecule has 0 bridgehead atoms. The van der Waals surface area contributed by atoms with E-state index in [4.69, 9.17) is 0 Å². The van der Waals surface area contributed by atoms with Crippen molar-refractivity contribution in [2.24, 2.45) is 11.8 Å². The van der Waals surface area contributed by atoms with Gasteiger partial charge in [0, 0.05) is 18.7 Å². The first kappa shape index (κ1) is 18.1. The van der Waals surface area contributed by atoms with E-state index >= 15 is 0 Å². The average Bonchev–Trinajstić information content (AvgIpc) is 2.40. The molecule has 21 heavy (non-hydrogen) atoms. The highest BCUT2D eigenvalue weighted by Crippen LogP contribution is 2.18. The van der Waals surface area contributed by atoms with Gasteiger partial charge in [-0.15, -0.1) is 0 Å². The summed E-state index contributed by atoms with van der Waals surface area (Å²) in [6.07, 6.45) is 1.92. The third kappa shape index (κ3) is 6.16. The maximum atomic E-state index is 13.6. The second-order valence-corrected chi connectivity index (χ2v) is 7.14. The quantitative estimate of drug-likeness (QED) is 0.662. The van der Waals surface area contributed by atoms with E-state index in [9.17, 15) is 9.18 Å². The zero-order valence-corrected chi connectivity index (χ0v) is 14.9. The van der Waals surface area contributed by atoms with Crippen molar-refractivity contribution in [2.75, 3.05) is 13.1 Å². The first-order valence-corrected chi connectivity index (χ1v) is 8.35. The van der Waals surface area contributed by atoms with E-state index in [1.807, 2.05) is 4.90 Å². The number of amides is 1. The van der Waals surface area contributed by atoms with E-state index < -0.39 is 5.82 Å². The molecule has 0 aliphatic rings. The fourth-order valence-corrected chi connectivity index (χ4v) is 2.20. The van der Waals surface area contributed by atoms with Crippen molar-refractivity contribution in [1.82, 2.24) is 4.90 Å². The Morgan fingerprint density at radius 3 is 2.10 bits per heavy atom. The van der Waals surface area contributed by atoms with Gasteiger partial charge in [-0.3, -0.25) is 4.79 Å². The molecule has 0 aliphatic heterocycles. The zero-order valence-electron chi connectivity index (χ0n) is 13.3. The molecule has 1 aromatic rings. The standard InChI is InChI=1S/C17H25BrFNO/c1-12(2)7-9-20(10-8-13(3)4)17(21)14-5-6-15(18)16(19)11-14/h5-6,11-13H,7-10H2,1-4H3. The smallest absolute Gasteiger partial charge is 0.253 e. The lowest BCUT2D eigenvalue weighted by Gasteiger charge is -2.24. The molecular formula is C17H25BrFNO. The van der Waals surface area contributed by atoms with Gasteiger partial charge < -0.3 is 4.90 Å². The molecule has 0 heterocycles. The molecule has 0 aromatic heterocycles. The van der Waals surface area contributed by atoms with Crippen LogP contribution in [0.5, 0.6) is 0 Å². The fraction of sp³-hybridized carbons (Fsp3) is 0.588. The fourth-order valence-electron chi connectivity index (χ4n) is 1.95. The van der Waals surface area contributed by atoms with Crippen LogP contribution in [-0.2, 0) is 0 Å². The summed E-state index contributed by atoms with van der Waals surface area (Å²) in [4.78, 5) is 14.4. The molecule has 0 spiro atoms. The van der Waals surface area contributed by atoms with Crippen molar-refractivity contribution in [3.05, 3.63) is 34.1 Å². The van der Waals surface area contributed by atoms with Gasteiger partial charge in [0.15, 0.2) is 0 Å². The van der Waals surface area contributed by atoms with Crippen molar-refractivity contribution < 1.29 is 9.18 Å². The van der Waals surface area contributed by atoms with Gasteiger partial charge in [0.1, 0.15) is 5.82 Å². The lowest BCUT2D eigenvalue weighted by molar-refractivity contribution is 0.0740. The molecule has 0 aliphatic carbocycles. The summed E-state index contributed by atoms with van der Waals surface area (Å²) in [5.41, 5.74) is 0.420. The molecule has 0 atom stereocenters. The molecule has 0 saturated carbocycles. The van der Waals surface area contributed by atoms with Crippen LogP contribution in [0.3, 0.4) is 0 Å². The number of carbonyl (C=O) groups is 1. The van der Waals surface area contributed by atoms with E-state index in [1.165, 1.54) is 6.07 Å². The molecule has 118 valence electrons. The number of rotatable bonds is 7. The number of halogens is 2. The Balaban J connectivity index is 2.83. The van der Waals surface area contributed by atoms with Gasteiger partial charge in [-0.25, -0.2) is 4.39 Å². The van der Waals surface area contributed by atoms with Crippen molar-refractivity contribution in [3.8, 4) is 0 Å². The highest BCUT2D eigenvalue weighted by molar-refractivity contribution is 9.10. The minimum atomic E-state index is -0.395. The third-order valence-electron chi connectivity index (χ3n) is 3.41. The van der Waals surface area contributed by atoms with Crippen LogP contribution in [0.2, 0.25) is 0 Å². The van der Waals surface area contributed by atoms with Crippen molar-refractivity contribution in [3.63, 3.8) is 0 Å². The third-order valence-corrected chi connectivity index (χ3v) is 4.05. The van der Waals surface area contributed by atoms with Crippen LogP contribution in [-0.4, -0.2) is 23.9 Å². The van der Waals surface area contributed by atoms with Crippen LogP contribution in [0.25, 0.3) is 0 Å². The molecule has 0 radical (unpaired) electrons. The number of hydrogen-bond donors (Lipinski definition) is 0. The van der Waals surface area contributed by atoms with Gasteiger partial charge in [0.05, 0.1) is 4.47 Å². The lowest BCUT2D eigenvalue weighted by atomic mass is 10.1. The Bertz CT molecular complexity index is 462. The number of hydrogen-bond acceptors (Lipinski definition) is 1. The first-order valence-electron chi connectivity index (χ1n) is 7.55. The Morgan fingerprint density at radius 2 is 1.67 bits per heavy atom. The summed E-state index contributed by atoms with van der Waals surface area (Å²) in [6, 6.07) is 4.57. The minimum absolute atomic E-state index is 0.0808. The second kappa shape index (κ2) is 8.52. The molecule has 0 N–H and O–H groups in total. The Hall–Kier alpha value is -0.900. The van der Waals surface area contributed by atoms with Crippen LogP contribution >= 0.6 is 15.9 Å². The molecule has 1 aromatic carbocycles. The van der Waals surface area contributed by atoms with Crippen LogP contribution in [0.4, 0.5) is 4.39 Å². The molecular weight excluding hydrogens is 333 g/mol. The molecule has 0 unspecified atom stereocenters. The Kier molecular flexibility index (Phi) is 7.36. The molecule has 1 amide bonds. The van der Waals surface area contributed by atoms with E-state index in [2.05, 4.69) is 43.6 Å². The minimum Gasteiger partial charge on any atom is -0.339 e. The monoisotopic (exact) mass is 357 g/mol. The summed E-state index contributed by atoms with van der Waals surface area (Å²) in [7, 11) is 0. The van der Waals surface area contributed by atoms with Crippen LogP contribution in [0.1, 0.15) is 50.9 Å².